The van der Waals surface area contributed by atoms with E-state index in [4.69, 9.17) is 0 Å². The fourth-order valence-corrected chi connectivity index (χ4v) is 4.07. The minimum Gasteiger partial charge on any atom is -0.381 e. The number of benzene rings is 1. The van der Waals surface area contributed by atoms with Crippen molar-refractivity contribution in [3.05, 3.63) is 83.7 Å². The molecule has 0 aliphatic carbocycles. The maximum atomic E-state index is 14.7. The van der Waals surface area contributed by atoms with Crippen LogP contribution in [0.5, 0.6) is 0 Å². The first-order valence-electron chi connectivity index (χ1n) is 10.2. The Bertz CT molecular complexity index is 1070. The normalized spacial score (nSPS) is 17.8. The number of hydrogen-bond donors (Lipinski definition) is 1. The van der Waals surface area contributed by atoms with Gasteiger partial charge < -0.3 is 5.11 Å². The van der Waals surface area contributed by atoms with Crippen molar-refractivity contribution in [3.8, 4) is 0 Å². The zero-order valence-electron chi connectivity index (χ0n) is 17.5. The number of hydrogen-bond acceptors (Lipinski definition) is 5. The molecule has 3 aromatic rings. The van der Waals surface area contributed by atoms with Crippen molar-refractivity contribution < 1.29 is 13.9 Å². The van der Waals surface area contributed by atoms with Gasteiger partial charge in [-0.05, 0) is 43.5 Å². The molecule has 0 saturated carbocycles. The van der Waals surface area contributed by atoms with Gasteiger partial charge in [-0.2, -0.15) is 5.10 Å². The monoisotopic (exact) mass is 425 g/mol. The van der Waals surface area contributed by atoms with Gasteiger partial charge in [-0.25, -0.2) is 18.4 Å². The van der Waals surface area contributed by atoms with Gasteiger partial charge in [0.15, 0.2) is 0 Å². The molecule has 0 unspecified atom stereocenters. The molecular weight excluding hydrogens is 400 g/mol. The third-order valence-corrected chi connectivity index (χ3v) is 5.99. The van der Waals surface area contributed by atoms with E-state index in [-0.39, 0.29) is 12.1 Å². The molecule has 0 fully saturated rings. The molecule has 0 radical (unpaired) electrons. The fourth-order valence-electron chi connectivity index (χ4n) is 4.07. The summed E-state index contributed by atoms with van der Waals surface area (Å²) in [7, 11) is 0. The van der Waals surface area contributed by atoms with E-state index in [1.165, 1.54) is 23.4 Å². The maximum Gasteiger partial charge on any atom is 0.137 e. The average molecular weight is 425 g/mol. The van der Waals surface area contributed by atoms with Crippen molar-refractivity contribution in [2.45, 2.75) is 38.5 Å². The molecule has 31 heavy (non-hydrogen) atoms. The average Bonchev–Trinajstić information content (AvgIpc) is 3.26. The summed E-state index contributed by atoms with van der Waals surface area (Å²) in [6.07, 6.45) is 7.52. The van der Waals surface area contributed by atoms with Crippen LogP contribution in [0.15, 0.2) is 55.3 Å². The highest BCUT2D eigenvalue weighted by atomic mass is 19.1. The lowest BCUT2D eigenvalue weighted by molar-refractivity contribution is -0.0612. The van der Waals surface area contributed by atoms with Crippen LogP contribution in [0.4, 0.5) is 8.78 Å². The summed E-state index contributed by atoms with van der Waals surface area (Å²) in [5, 5.41) is 15.8. The van der Waals surface area contributed by atoms with Gasteiger partial charge in [0.1, 0.15) is 29.9 Å². The number of nitrogens with zero attached hydrogens (tertiary/aromatic N) is 5. The minimum absolute atomic E-state index is 0.0106. The Morgan fingerprint density at radius 3 is 2.68 bits per heavy atom. The van der Waals surface area contributed by atoms with E-state index in [1.807, 2.05) is 32.2 Å². The number of aryl methyl sites for hydroxylation is 1. The van der Waals surface area contributed by atoms with Gasteiger partial charge in [-0.1, -0.05) is 18.2 Å². The minimum atomic E-state index is -1.64. The van der Waals surface area contributed by atoms with Crippen LogP contribution in [0.1, 0.15) is 30.2 Å². The first-order valence-corrected chi connectivity index (χ1v) is 10.2. The topological polar surface area (TPSA) is 67.1 Å². The number of aromatic nitrogens is 4. The van der Waals surface area contributed by atoms with Crippen molar-refractivity contribution >= 4 is 5.57 Å². The lowest BCUT2D eigenvalue weighted by Crippen LogP contribution is -2.53. The van der Waals surface area contributed by atoms with Gasteiger partial charge >= 0.3 is 0 Å². The van der Waals surface area contributed by atoms with Gasteiger partial charge in [0.05, 0.1) is 12.2 Å². The second-order valence-electron chi connectivity index (χ2n) is 8.01. The molecule has 162 valence electrons. The smallest absolute Gasteiger partial charge is 0.137 e. The molecule has 8 heteroatoms. The van der Waals surface area contributed by atoms with Crippen LogP contribution in [0, 0.1) is 18.6 Å². The van der Waals surface area contributed by atoms with Crippen molar-refractivity contribution in [2.75, 3.05) is 13.1 Å². The Hall–Kier alpha value is -2.97. The highest BCUT2D eigenvalue weighted by Crippen LogP contribution is 2.34. The highest BCUT2D eigenvalue weighted by Gasteiger charge is 2.42. The largest absolute Gasteiger partial charge is 0.381 e. The standard InChI is InChI=1S/C23H25F2N5O/c1-16-3-6-22(27-12-16)18-7-9-29(10-8-18)17(2)23(31,13-30-15-26-14-28-30)20-5-4-19(24)11-21(20)25/h3-7,11-12,14-15,17,31H,8-10,13H2,1-2H3/t17-,23-/m1/s1. The van der Waals surface area contributed by atoms with E-state index >= 15 is 0 Å². The van der Waals surface area contributed by atoms with Crippen LogP contribution in [0.25, 0.3) is 5.57 Å². The van der Waals surface area contributed by atoms with Gasteiger partial charge in [-0.15, -0.1) is 0 Å². The molecular formula is C23H25F2N5O. The van der Waals surface area contributed by atoms with E-state index in [0.29, 0.717) is 13.1 Å². The summed E-state index contributed by atoms with van der Waals surface area (Å²) in [6, 6.07) is 6.84. The quantitative estimate of drug-likeness (QED) is 0.656. The van der Waals surface area contributed by atoms with Crippen LogP contribution < -0.4 is 0 Å². The predicted octanol–water partition coefficient (Wildman–Crippen LogP) is 3.33. The molecule has 2 atom stereocenters. The molecule has 1 aliphatic rings. The molecule has 1 aromatic carbocycles. The van der Waals surface area contributed by atoms with Gasteiger partial charge in [0, 0.05) is 37.0 Å². The first-order chi connectivity index (χ1) is 14.9. The van der Waals surface area contributed by atoms with Crippen molar-refractivity contribution in [1.29, 1.82) is 0 Å². The maximum absolute atomic E-state index is 14.7. The van der Waals surface area contributed by atoms with Crippen LogP contribution >= 0.6 is 0 Å². The lowest BCUT2D eigenvalue weighted by atomic mass is 9.84. The van der Waals surface area contributed by atoms with Crippen molar-refractivity contribution in [3.63, 3.8) is 0 Å². The lowest BCUT2D eigenvalue weighted by Gasteiger charge is -2.42. The Morgan fingerprint density at radius 2 is 2.06 bits per heavy atom. The number of rotatable bonds is 6. The van der Waals surface area contributed by atoms with Crippen molar-refractivity contribution in [1.82, 2.24) is 24.6 Å². The highest BCUT2D eigenvalue weighted by molar-refractivity contribution is 5.63. The molecule has 0 amide bonds. The van der Waals surface area contributed by atoms with Crippen LogP contribution in [0.2, 0.25) is 0 Å². The van der Waals surface area contributed by atoms with Gasteiger partial charge in [-0.3, -0.25) is 9.88 Å². The van der Waals surface area contributed by atoms with Crippen LogP contribution in [-0.4, -0.2) is 48.9 Å². The first kappa shape index (κ1) is 21.3. The molecule has 1 aliphatic heterocycles. The Morgan fingerprint density at radius 1 is 1.23 bits per heavy atom. The number of pyridine rings is 1. The molecule has 0 spiro atoms. The van der Waals surface area contributed by atoms with Crippen molar-refractivity contribution in [2.24, 2.45) is 0 Å². The van der Waals surface area contributed by atoms with E-state index in [1.54, 1.807) is 0 Å². The van der Waals surface area contributed by atoms with E-state index < -0.39 is 23.3 Å². The summed E-state index contributed by atoms with van der Waals surface area (Å²) < 4.78 is 29.7. The SMILES string of the molecule is Cc1ccc(C2=CCN([C@H](C)[C@](O)(Cn3cncn3)c3ccc(F)cc3F)CC2)nc1. The van der Waals surface area contributed by atoms with E-state index in [9.17, 15) is 13.9 Å². The number of aliphatic hydroxyl groups is 1. The summed E-state index contributed by atoms with van der Waals surface area (Å²) in [4.78, 5) is 10.5. The predicted molar refractivity (Wildman–Crippen MR) is 113 cm³/mol. The van der Waals surface area contributed by atoms with Crippen LogP contribution in [-0.2, 0) is 12.1 Å². The summed E-state index contributed by atoms with van der Waals surface area (Å²) in [6.45, 7) is 5.09. The second-order valence-corrected chi connectivity index (χ2v) is 8.01. The van der Waals surface area contributed by atoms with Crippen LogP contribution in [0.3, 0.4) is 0 Å². The molecule has 0 saturated heterocycles. The Balaban J connectivity index is 1.62. The Labute approximate surface area is 179 Å². The van der Waals surface area contributed by atoms with E-state index in [0.717, 1.165) is 35.4 Å². The molecule has 3 heterocycles. The third-order valence-electron chi connectivity index (χ3n) is 5.99. The second kappa shape index (κ2) is 8.64. The molecule has 0 bridgehead atoms. The molecule has 1 N–H and O–H groups in total. The summed E-state index contributed by atoms with van der Waals surface area (Å²) >= 11 is 0. The fraction of sp³-hybridized carbons (Fsp3) is 0.348. The van der Waals surface area contributed by atoms with Gasteiger partial charge in [0.25, 0.3) is 0 Å². The zero-order chi connectivity index (χ0) is 22.0. The molecule has 4 rings (SSSR count). The zero-order valence-corrected chi connectivity index (χ0v) is 17.5. The molecule has 2 aromatic heterocycles. The third kappa shape index (κ3) is 4.40. The number of halogens is 2. The van der Waals surface area contributed by atoms with E-state index in [2.05, 4.69) is 26.0 Å². The summed E-state index contributed by atoms with van der Waals surface area (Å²) in [5.41, 5.74) is 1.59. The Kier molecular flexibility index (Phi) is 5.93. The summed E-state index contributed by atoms with van der Waals surface area (Å²) in [5.74, 6) is -1.47. The van der Waals surface area contributed by atoms with Gasteiger partial charge in [0.2, 0.25) is 0 Å². The molecule has 6 nitrogen and oxygen atoms in total.